The highest BCUT2D eigenvalue weighted by Crippen LogP contribution is 2.16. The van der Waals surface area contributed by atoms with E-state index in [4.69, 9.17) is 10.8 Å². The molecule has 0 bridgehead atoms. The number of hydrogen-bond donors (Lipinski definition) is 3. The Balaban J connectivity index is 2.30. The molecule has 2 rings (SSSR count). The maximum absolute atomic E-state index is 11.2. The van der Waals surface area contributed by atoms with Gasteiger partial charge in [-0.1, -0.05) is 6.07 Å². The molecular weight excluding hydrogens is 236 g/mol. The fourth-order valence-corrected chi connectivity index (χ4v) is 1.92. The predicted molar refractivity (Wildman–Crippen MR) is 64.4 cm³/mol. The number of pyridine rings is 1. The van der Waals surface area contributed by atoms with Crippen LogP contribution in [0.1, 0.15) is 10.5 Å². The van der Waals surface area contributed by atoms with Gasteiger partial charge in [-0.3, -0.25) is 4.79 Å². The number of piperazine rings is 1. The number of carbonyl (C=O) groups is 2. The summed E-state index contributed by atoms with van der Waals surface area (Å²) in [6.07, 6.45) is 0. The van der Waals surface area contributed by atoms with Crippen molar-refractivity contribution in [3.05, 3.63) is 23.9 Å². The standard InChI is InChI=1S/C11H14N4O3/c12-10(16)7-2-1-3-9(14-7)15-5-4-13-6-8(15)11(17)18/h1-3,8,13H,4-6H2,(H2,12,16)(H,17,18). The number of nitrogens with zero attached hydrogens (tertiary/aromatic N) is 2. The molecule has 1 amide bonds. The number of primary amides is 1. The highest BCUT2D eigenvalue weighted by molar-refractivity contribution is 5.91. The second-order valence-electron chi connectivity index (χ2n) is 4.00. The molecule has 0 radical (unpaired) electrons. The second-order valence-corrected chi connectivity index (χ2v) is 4.00. The number of nitrogens with two attached hydrogens (primary N) is 1. The average Bonchev–Trinajstić information content (AvgIpc) is 2.39. The van der Waals surface area contributed by atoms with Crippen LogP contribution in [-0.2, 0) is 4.79 Å². The van der Waals surface area contributed by atoms with E-state index in [0.29, 0.717) is 25.5 Å². The van der Waals surface area contributed by atoms with E-state index in [9.17, 15) is 9.59 Å². The zero-order valence-electron chi connectivity index (χ0n) is 9.67. The van der Waals surface area contributed by atoms with Crippen LogP contribution in [0.2, 0.25) is 0 Å². The molecule has 1 aromatic rings. The minimum absolute atomic E-state index is 0.134. The Bertz CT molecular complexity index is 477. The highest BCUT2D eigenvalue weighted by Gasteiger charge is 2.29. The zero-order valence-corrected chi connectivity index (χ0v) is 9.67. The van der Waals surface area contributed by atoms with Crippen molar-refractivity contribution in [2.75, 3.05) is 24.5 Å². The van der Waals surface area contributed by atoms with E-state index >= 15 is 0 Å². The molecule has 1 aliphatic heterocycles. The first kappa shape index (κ1) is 12.3. The number of carbonyl (C=O) groups excluding carboxylic acids is 1. The molecule has 1 atom stereocenters. The van der Waals surface area contributed by atoms with E-state index in [0.717, 1.165) is 0 Å². The molecule has 7 heteroatoms. The van der Waals surface area contributed by atoms with Gasteiger partial charge in [-0.25, -0.2) is 9.78 Å². The van der Waals surface area contributed by atoms with Gasteiger partial charge >= 0.3 is 5.97 Å². The quantitative estimate of drug-likeness (QED) is 0.637. The van der Waals surface area contributed by atoms with Crippen LogP contribution >= 0.6 is 0 Å². The summed E-state index contributed by atoms with van der Waals surface area (Å²) in [6.45, 7) is 1.54. The molecule has 1 fully saturated rings. The second kappa shape index (κ2) is 5.01. The van der Waals surface area contributed by atoms with E-state index in [1.165, 1.54) is 6.07 Å². The SMILES string of the molecule is NC(=O)c1cccc(N2CCNCC2C(=O)O)n1. The van der Waals surface area contributed by atoms with Gasteiger partial charge in [0.2, 0.25) is 0 Å². The first-order valence-corrected chi connectivity index (χ1v) is 5.56. The van der Waals surface area contributed by atoms with Crippen LogP contribution in [0.5, 0.6) is 0 Å². The summed E-state index contributed by atoms with van der Waals surface area (Å²) in [5, 5.41) is 12.2. The maximum atomic E-state index is 11.2. The Kier molecular flexibility index (Phi) is 3.42. The molecule has 18 heavy (non-hydrogen) atoms. The van der Waals surface area contributed by atoms with Crippen molar-refractivity contribution in [2.24, 2.45) is 5.73 Å². The highest BCUT2D eigenvalue weighted by atomic mass is 16.4. The Labute approximate surface area is 104 Å². The molecule has 4 N–H and O–H groups in total. The lowest BCUT2D eigenvalue weighted by molar-refractivity contribution is -0.138. The summed E-state index contributed by atoms with van der Waals surface area (Å²) in [5.74, 6) is -1.09. The maximum Gasteiger partial charge on any atom is 0.327 e. The first-order chi connectivity index (χ1) is 8.59. The minimum Gasteiger partial charge on any atom is -0.480 e. The molecule has 1 unspecified atom stereocenters. The molecule has 0 spiro atoms. The third-order valence-electron chi connectivity index (χ3n) is 2.81. The van der Waals surface area contributed by atoms with Crippen molar-refractivity contribution in [1.29, 1.82) is 0 Å². The number of amides is 1. The van der Waals surface area contributed by atoms with E-state index in [1.54, 1.807) is 17.0 Å². The lowest BCUT2D eigenvalue weighted by atomic mass is 10.2. The average molecular weight is 250 g/mol. The topological polar surface area (TPSA) is 109 Å². The van der Waals surface area contributed by atoms with E-state index in [-0.39, 0.29) is 5.69 Å². The third-order valence-corrected chi connectivity index (χ3v) is 2.81. The van der Waals surface area contributed by atoms with Crippen LogP contribution in [0.15, 0.2) is 18.2 Å². The number of aromatic nitrogens is 1. The van der Waals surface area contributed by atoms with Crippen molar-refractivity contribution in [2.45, 2.75) is 6.04 Å². The van der Waals surface area contributed by atoms with Gasteiger partial charge in [0.25, 0.3) is 5.91 Å². The Morgan fingerprint density at radius 3 is 2.94 bits per heavy atom. The van der Waals surface area contributed by atoms with Crippen LogP contribution in [0.3, 0.4) is 0 Å². The molecule has 0 aliphatic carbocycles. The number of carboxylic acids is 1. The number of nitrogens with one attached hydrogen (secondary N) is 1. The summed E-state index contributed by atoms with van der Waals surface area (Å²) in [6, 6.07) is 4.13. The van der Waals surface area contributed by atoms with E-state index in [1.807, 2.05) is 0 Å². The molecule has 1 saturated heterocycles. The molecule has 2 heterocycles. The molecule has 0 saturated carbocycles. The van der Waals surface area contributed by atoms with Gasteiger partial charge in [-0.05, 0) is 12.1 Å². The van der Waals surface area contributed by atoms with Crippen LogP contribution in [0.25, 0.3) is 0 Å². The molecule has 1 aromatic heterocycles. The van der Waals surface area contributed by atoms with E-state index < -0.39 is 17.9 Å². The van der Waals surface area contributed by atoms with Gasteiger partial charge in [-0.15, -0.1) is 0 Å². The van der Waals surface area contributed by atoms with E-state index in [2.05, 4.69) is 10.3 Å². The van der Waals surface area contributed by atoms with Crippen molar-refractivity contribution >= 4 is 17.7 Å². The van der Waals surface area contributed by atoms with Crippen LogP contribution in [0.4, 0.5) is 5.82 Å². The molecular formula is C11H14N4O3. The fourth-order valence-electron chi connectivity index (χ4n) is 1.92. The predicted octanol–water partition coefficient (Wildman–Crippen LogP) is -0.957. The number of carboxylic acid groups (broad SMARTS) is 1. The number of hydrogen-bond acceptors (Lipinski definition) is 5. The number of aliphatic carboxylic acids is 1. The Hall–Kier alpha value is -2.15. The largest absolute Gasteiger partial charge is 0.480 e. The van der Waals surface area contributed by atoms with Crippen LogP contribution in [-0.4, -0.2) is 47.6 Å². The molecule has 1 aliphatic rings. The number of rotatable bonds is 3. The zero-order chi connectivity index (χ0) is 13.1. The van der Waals surface area contributed by atoms with Crippen LogP contribution in [0, 0.1) is 0 Å². The van der Waals surface area contributed by atoms with Gasteiger partial charge in [0.05, 0.1) is 0 Å². The monoisotopic (exact) mass is 250 g/mol. The van der Waals surface area contributed by atoms with Gasteiger partial charge in [0.15, 0.2) is 0 Å². The smallest absolute Gasteiger partial charge is 0.327 e. The minimum atomic E-state index is -0.923. The summed E-state index contributed by atoms with van der Waals surface area (Å²) in [7, 11) is 0. The number of anilines is 1. The van der Waals surface area contributed by atoms with Crippen molar-refractivity contribution in [3.8, 4) is 0 Å². The normalized spacial score (nSPS) is 19.6. The fraction of sp³-hybridized carbons (Fsp3) is 0.364. The Morgan fingerprint density at radius 2 is 2.28 bits per heavy atom. The van der Waals surface area contributed by atoms with Crippen molar-refractivity contribution in [1.82, 2.24) is 10.3 Å². The molecule has 0 aromatic carbocycles. The van der Waals surface area contributed by atoms with Gasteiger partial charge < -0.3 is 21.1 Å². The van der Waals surface area contributed by atoms with Gasteiger partial charge in [0.1, 0.15) is 17.6 Å². The summed E-state index contributed by atoms with van der Waals surface area (Å²) in [5.41, 5.74) is 5.29. The summed E-state index contributed by atoms with van der Waals surface area (Å²) < 4.78 is 0. The molecule has 7 nitrogen and oxygen atoms in total. The Morgan fingerprint density at radius 1 is 1.50 bits per heavy atom. The van der Waals surface area contributed by atoms with Gasteiger partial charge in [0, 0.05) is 19.6 Å². The van der Waals surface area contributed by atoms with Crippen molar-refractivity contribution in [3.63, 3.8) is 0 Å². The molecule has 96 valence electrons. The summed E-state index contributed by atoms with van der Waals surface area (Å²) >= 11 is 0. The third kappa shape index (κ3) is 2.40. The van der Waals surface area contributed by atoms with Gasteiger partial charge in [-0.2, -0.15) is 0 Å². The van der Waals surface area contributed by atoms with Crippen LogP contribution < -0.4 is 16.0 Å². The lowest BCUT2D eigenvalue weighted by Crippen LogP contribution is -2.55. The lowest BCUT2D eigenvalue weighted by Gasteiger charge is -2.34. The summed E-state index contributed by atoms with van der Waals surface area (Å²) in [4.78, 5) is 28.0. The first-order valence-electron chi connectivity index (χ1n) is 5.56. The van der Waals surface area contributed by atoms with Crippen molar-refractivity contribution < 1.29 is 14.7 Å².